The number of halogens is 1. The predicted molar refractivity (Wildman–Crippen MR) is 72.6 cm³/mol. The number of hydrogen-bond acceptors (Lipinski definition) is 4. The van der Waals surface area contributed by atoms with Gasteiger partial charge in [-0.25, -0.2) is 9.40 Å². The smallest absolute Gasteiger partial charge is 0.284 e. The van der Waals surface area contributed by atoms with Gasteiger partial charge in [0.05, 0.1) is 0 Å². The minimum atomic E-state index is -0.433. The number of fused-ring (bicyclic) bond motifs is 1. The first-order chi connectivity index (χ1) is 9.65. The highest BCUT2D eigenvalue weighted by atomic mass is 19.1. The molecule has 2 heterocycles. The monoisotopic (exact) mass is 277 g/mol. The first-order valence-corrected chi connectivity index (χ1v) is 6.52. The van der Waals surface area contributed by atoms with Gasteiger partial charge in [0.25, 0.3) is 5.91 Å². The van der Waals surface area contributed by atoms with Crippen LogP contribution in [-0.4, -0.2) is 59.2 Å². The normalized spacial score (nSPS) is 17.5. The third-order valence-corrected chi connectivity index (χ3v) is 3.53. The van der Waals surface area contributed by atoms with Crippen LogP contribution in [0.2, 0.25) is 0 Å². The number of amides is 1. The highest BCUT2D eigenvalue weighted by Gasteiger charge is 2.20. The highest BCUT2D eigenvalue weighted by Crippen LogP contribution is 2.18. The van der Waals surface area contributed by atoms with Crippen LogP contribution in [-0.2, 0) is 0 Å². The van der Waals surface area contributed by atoms with E-state index in [-0.39, 0.29) is 11.4 Å². The molecule has 1 saturated heterocycles. The summed E-state index contributed by atoms with van der Waals surface area (Å²) in [6, 6.07) is 4.58. The molecule has 0 unspecified atom stereocenters. The van der Waals surface area contributed by atoms with Crippen molar-refractivity contribution in [2.75, 3.05) is 33.2 Å². The van der Waals surface area contributed by atoms with Crippen LogP contribution >= 0.6 is 0 Å². The summed E-state index contributed by atoms with van der Waals surface area (Å²) in [5.41, 5.74) is 3.31. The van der Waals surface area contributed by atoms with Gasteiger partial charge in [-0.1, -0.05) is 12.1 Å². The van der Waals surface area contributed by atoms with Gasteiger partial charge in [-0.15, -0.1) is 0 Å². The van der Waals surface area contributed by atoms with Gasteiger partial charge in [0.15, 0.2) is 5.82 Å². The van der Waals surface area contributed by atoms with Gasteiger partial charge in [0.1, 0.15) is 11.2 Å². The topological polar surface area (TPSA) is 64.3 Å². The predicted octanol–water partition coefficient (Wildman–Crippen LogP) is 0.594. The Morgan fingerprint density at radius 1 is 1.35 bits per heavy atom. The number of benzene rings is 1. The fourth-order valence-electron chi connectivity index (χ4n) is 2.29. The Hall–Kier alpha value is -1.99. The number of likely N-dealkylation sites (N-methyl/N-ethyl adjacent to an activating group) is 1. The van der Waals surface area contributed by atoms with Crippen molar-refractivity contribution in [1.82, 2.24) is 25.5 Å². The van der Waals surface area contributed by atoms with Crippen LogP contribution in [0.25, 0.3) is 10.9 Å². The molecule has 20 heavy (non-hydrogen) atoms. The molecule has 0 atom stereocenters. The first kappa shape index (κ1) is 13.0. The summed E-state index contributed by atoms with van der Waals surface area (Å²) in [4.78, 5) is 14.4. The van der Waals surface area contributed by atoms with Gasteiger partial charge < -0.3 is 4.90 Å². The van der Waals surface area contributed by atoms with Crippen molar-refractivity contribution in [3.63, 3.8) is 0 Å². The molecule has 1 aliphatic rings. The molecule has 1 aromatic heterocycles. The minimum absolute atomic E-state index is 0.191. The van der Waals surface area contributed by atoms with Crippen molar-refractivity contribution in [2.24, 2.45) is 0 Å². The number of aromatic amines is 1. The summed E-state index contributed by atoms with van der Waals surface area (Å²) >= 11 is 0. The number of carbonyl (C=O) groups is 1. The number of para-hydroxylation sites is 1. The number of piperazine rings is 1. The molecule has 7 heteroatoms. The second kappa shape index (κ2) is 5.18. The quantitative estimate of drug-likeness (QED) is 0.843. The van der Waals surface area contributed by atoms with E-state index in [1.54, 1.807) is 12.1 Å². The van der Waals surface area contributed by atoms with E-state index in [4.69, 9.17) is 0 Å². The second-order valence-electron chi connectivity index (χ2n) is 4.97. The van der Waals surface area contributed by atoms with E-state index >= 15 is 0 Å². The third-order valence-electron chi connectivity index (χ3n) is 3.53. The number of hydrogen-bond donors (Lipinski definition) is 2. The summed E-state index contributed by atoms with van der Waals surface area (Å²) < 4.78 is 13.5. The lowest BCUT2D eigenvalue weighted by atomic mass is 10.2. The molecule has 2 aromatic rings. The van der Waals surface area contributed by atoms with Crippen LogP contribution in [0.4, 0.5) is 4.39 Å². The number of rotatable bonds is 2. The minimum Gasteiger partial charge on any atom is -0.304 e. The van der Waals surface area contributed by atoms with Gasteiger partial charge in [-0.05, 0) is 13.1 Å². The Balaban J connectivity index is 1.77. The maximum Gasteiger partial charge on any atom is 0.284 e. The molecule has 2 N–H and O–H groups in total. The van der Waals surface area contributed by atoms with E-state index in [1.165, 1.54) is 6.07 Å². The van der Waals surface area contributed by atoms with Crippen LogP contribution in [0.15, 0.2) is 18.2 Å². The molecule has 1 aliphatic heterocycles. The molecule has 0 saturated carbocycles. The summed E-state index contributed by atoms with van der Waals surface area (Å²) in [6.07, 6.45) is 0. The van der Waals surface area contributed by atoms with Crippen molar-refractivity contribution >= 4 is 16.8 Å². The Kier molecular flexibility index (Phi) is 3.37. The molecule has 0 radical (unpaired) electrons. The molecule has 1 fully saturated rings. The van der Waals surface area contributed by atoms with Crippen LogP contribution < -0.4 is 5.43 Å². The molecule has 1 amide bonds. The average molecular weight is 277 g/mol. The van der Waals surface area contributed by atoms with Crippen molar-refractivity contribution in [2.45, 2.75) is 0 Å². The number of aromatic nitrogens is 2. The van der Waals surface area contributed by atoms with Crippen LogP contribution in [0, 0.1) is 5.82 Å². The zero-order chi connectivity index (χ0) is 14.1. The summed E-state index contributed by atoms with van der Waals surface area (Å²) in [7, 11) is 2.05. The molecule has 1 aromatic carbocycles. The third kappa shape index (κ3) is 2.37. The van der Waals surface area contributed by atoms with Crippen LogP contribution in [0.3, 0.4) is 0 Å². The Labute approximate surface area is 115 Å². The summed E-state index contributed by atoms with van der Waals surface area (Å²) in [5, 5.41) is 8.84. The molecule has 0 spiro atoms. The molecule has 0 bridgehead atoms. The second-order valence-corrected chi connectivity index (χ2v) is 4.97. The lowest BCUT2D eigenvalue weighted by Gasteiger charge is -2.32. The maximum absolute atomic E-state index is 13.5. The van der Waals surface area contributed by atoms with Crippen LogP contribution in [0.5, 0.6) is 0 Å². The lowest BCUT2D eigenvalue weighted by molar-refractivity contribution is 0.0659. The molecular weight excluding hydrogens is 261 g/mol. The summed E-state index contributed by atoms with van der Waals surface area (Å²) in [5.74, 6) is -0.722. The van der Waals surface area contributed by atoms with E-state index in [0.29, 0.717) is 11.1 Å². The summed E-state index contributed by atoms with van der Waals surface area (Å²) in [6.45, 7) is 3.34. The Bertz CT molecular complexity index is 633. The molecular formula is C13H16FN5O. The zero-order valence-corrected chi connectivity index (χ0v) is 11.2. The van der Waals surface area contributed by atoms with Gasteiger partial charge in [-0.2, -0.15) is 5.10 Å². The SMILES string of the molecule is CN1CCN(NC(=O)c2[nH]nc3c(F)cccc23)CC1. The van der Waals surface area contributed by atoms with Crippen molar-refractivity contribution in [3.05, 3.63) is 29.7 Å². The Morgan fingerprint density at radius 2 is 2.10 bits per heavy atom. The highest BCUT2D eigenvalue weighted by molar-refractivity contribution is 6.04. The number of hydrazine groups is 1. The van der Waals surface area contributed by atoms with Gasteiger partial charge in [0, 0.05) is 31.6 Å². The fourth-order valence-corrected chi connectivity index (χ4v) is 2.29. The first-order valence-electron chi connectivity index (χ1n) is 6.52. The van der Waals surface area contributed by atoms with Gasteiger partial charge >= 0.3 is 0 Å². The Morgan fingerprint density at radius 3 is 2.85 bits per heavy atom. The number of H-pyrrole nitrogens is 1. The van der Waals surface area contributed by atoms with E-state index in [0.717, 1.165) is 26.2 Å². The maximum atomic E-state index is 13.5. The molecule has 6 nitrogen and oxygen atoms in total. The lowest BCUT2D eigenvalue weighted by Crippen LogP contribution is -2.52. The average Bonchev–Trinajstić information content (AvgIpc) is 2.87. The van der Waals surface area contributed by atoms with Gasteiger partial charge in [-0.3, -0.25) is 15.3 Å². The molecule has 3 rings (SSSR count). The van der Waals surface area contributed by atoms with E-state index in [2.05, 4.69) is 20.5 Å². The van der Waals surface area contributed by atoms with Crippen LogP contribution in [0.1, 0.15) is 10.5 Å². The van der Waals surface area contributed by atoms with Gasteiger partial charge in [0.2, 0.25) is 0 Å². The van der Waals surface area contributed by atoms with E-state index < -0.39 is 5.82 Å². The standard InChI is InChI=1S/C13H16FN5O/c1-18-5-7-19(8-6-18)17-13(20)12-9-3-2-4-10(14)11(9)15-16-12/h2-4H,5-8H2,1H3,(H,15,16)(H,17,20). The zero-order valence-electron chi connectivity index (χ0n) is 11.2. The van der Waals surface area contributed by atoms with Crippen molar-refractivity contribution < 1.29 is 9.18 Å². The van der Waals surface area contributed by atoms with E-state index in [9.17, 15) is 9.18 Å². The van der Waals surface area contributed by atoms with Crippen molar-refractivity contribution in [1.29, 1.82) is 0 Å². The van der Waals surface area contributed by atoms with E-state index in [1.807, 2.05) is 12.1 Å². The number of carbonyl (C=O) groups excluding carboxylic acids is 1. The largest absolute Gasteiger partial charge is 0.304 e. The molecule has 0 aliphatic carbocycles. The number of nitrogens with zero attached hydrogens (tertiary/aromatic N) is 3. The molecule has 106 valence electrons. The van der Waals surface area contributed by atoms with Crippen molar-refractivity contribution in [3.8, 4) is 0 Å². The fraction of sp³-hybridized carbons (Fsp3) is 0.385. The number of nitrogens with one attached hydrogen (secondary N) is 2.